The largest absolute Gasteiger partial charge is 0.480 e. The van der Waals surface area contributed by atoms with E-state index in [0.717, 1.165) is 0 Å². The van der Waals surface area contributed by atoms with Crippen LogP contribution in [0.1, 0.15) is 38.5 Å². The Kier molecular flexibility index (Phi) is 13.9. The summed E-state index contributed by atoms with van der Waals surface area (Å²) >= 11 is 0. The summed E-state index contributed by atoms with van der Waals surface area (Å²) in [6, 6.07) is -2.86. The van der Waals surface area contributed by atoms with Gasteiger partial charge in [-0.05, 0) is 38.5 Å². The van der Waals surface area contributed by atoms with Gasteiger partial charge in [-0.1, -0.05) is 0 Å². The fourth-order valence-corrected chi connectivity index (χ4v) is 3.68. The van der Waals surface area contributed by atoms with Crippen molar-refractivity contribution in [2.45, 2.75) is 56.7 Å². The van der Waals surface area contributed by atoms with Crippen LogP contribution in [0.3, 0.4) is 0 Å². The molecule has 0 radical (unpaired) electrons. The van der Waals surface area contributed by atoms with E-state index < -0.39 is 54.3 Å². The summed E-state index contributed by atoms with van der Waals surface area (Å²) in [4.78, 5) is 69.8. The predicted molar refractivity (Wildman–Crippen MR) is 138 cm³/mol. The molecule has 38 heavy (non-hydrogen) atoms. The molecule has 4 amide bonds. The van der Waals surface area contributed by atoms with Crippen molar-refractivity contribution in [2.24, 2.45) is 38.7 Å². The highest BCUT2D eigenvalue weighted by Crippen LogP contribution is 2.17. The van der Waals surface area contributed by atoms with E-state index in [1.54, 1.807) is 0 Å². The van der Waals surface area contributed by atoms with Crippen molar-refractivity contribution in [1.82, 2.24) is 20.9 Å². The SMILES string of the molecule is NC(N)=NCCCC(N)C(=O)NCC(=O)N1CCCC1C(=O)NCC(=O)NC(CCCN=C(N)N)C(=O)O. The molecule has 0 saturated carbocycles. The number of rotatable bonds is 16. The molecule has 17 nitrogen and oxygen atoms in total. The van der Waals surface area contributed by atoms with Gasteiger partial charge in [0.2, 0.25) is 23.6 Å². The number of carboxylic acid groups (broad SMARTS) is 1. The Morgan fingerprint density at radius 1 is 0.921 bits per heavy atom. The van der Waals surface area contributed by atoms with Crippen LogP contribution in [0.4, 0.5) is 0 Å². The van der Waals surface area contributed by atoms with Crippen molar-refractivity contribution in [3.63, 3.8) is 0 Å². The van der Waals surface area contributed by atoms with E-state index in [9.17, 15) is 29.1 Å². The summed E-state index contributed by atoms with van der Waals surface area (Å²) < 4.78 is 0. The second-order valence-electron chi connectivity index (χ2n) is 8.64. The average molecular weight is 542 g/mol. The topological polar surface area (TPSA) is 300 Å². The third-order valence-electron chi connectivity index (χ3n) is 5.60. The molecule has 3 atom stereocenters. The van der Waals surface area contributed by atoms with Crippen LogP contribution < -0.4 is 44.6 Å². The molecule has 0 aromatic heterocycles. The van der Waals surface area contributed by atoms with Crippen LogP contribution in [0.5, 0.6) is 0 Å². The van der Waals surface area contributed by atoms with Gasteiger partial charge < -0.3 is 54.6 Å². The number of nitrogens with two attached hydrogens (primary N) is 5. The molecule has 1 aliphatic heterocycles. The molecule has 1 aliphatic rings. The molecule has 1 saturated heterocycles. The van der Waals surface area contributed by atoms with Crippen LogP contribution in [0.2, 0.25) is 0 Å². The van der Waals surface area contributed by atoms with Crippen LogP contribution in [0, 0.1) is 0 Å². The van der Waals surface area contributed by atoms with Gasteiger partial charge in [0.15, 0.2) is 11.9 Å². The third-order valence-corrected chi connectivity index (χ3v) is 5.60. The zero-order valence-electron chi connectivity index (χ0n) is 21.2. The third kappa shape index (κ3) is 12.2. The van der Waals surface area contributed by atoms with E-state index in [1.165, 1.54) is 4.90 Å². The number of aliphatic carboxylic acids is 1. The first-order valence-corrected chi connectivity index (χ1v) is 12.2. The Hall–Kier alpha value is -4.15. The Morgan fingerprint density at radius 2 is 1.53 bits per heavy atom. The van der Waals surface area contributed by atoms with Gasteiger partial charge in [-0.15, -0.1) is 0 Å². The summed E-state index contributed by atoms with van der Waals surface area (Å²) in [6.45, 7) is 0.0169. The molecule has 0 bridgehead atoms. The second-order valence-corrected chi connectivity index (χ2v) is 8.64. The zero-order chi connectivity index (χ0) is 28.7. The molecule has 14 N–H and O–H groups in total. The number of nitrogens with one attached hydrogen (secondary N) is 3. The van der Waals surface area contributed by atoms with Gasteiger partial charge in [0, 0.05) is 19.6 Å². The summed E-state index contributed by atoms with van der Waals surface area (Å²) in [5.41, 5.74) is 26.7. The molecular weight excluding hydrogens is 502 g/mol. The van der Waals surface area contributed by atoms with Crippen LogP contribution in [-0.4, -0.2) is 102 Å². The van der Waals surface area contributed by atoms with E-state index in [0.29, 0.717) is 45.2 Å². The van der Waals surface area contributed by atoms with Crippen molar-refractivity contribution in [1.29, 1.82) is 0 Å². The Balaban J connectivity index is 2.48. The highest BCUT2D eigenvalue weighted by atomic mass is 16.4. The van der Waals surface area contributed by atoms with Crippen LogP contribution in [0.15, 0.2) is 9.98 Å². The fraction of sp³-hybridized carbons (Fsp3) is 0.667. The number of amides is 4. The molecule has 0 aliphatic carbocycles. The molecule has 17 heteroatoms. The van der Waals surface area contributed by atoms with E-state index in [1.807, 2.05) is 0 Å². The quantitative estimate of drug-likeness (QED) is 0.0507. The summed E-state index contributed by atoms with van der Waals surface area (Å²) in [6.07, 6.45) is 2.13. The van der Waals surface area contributed by atoms with Crippen LogP contribution >= 0.6 is 0 Å². The number of hydrogen-bond acceptors (Lipinski definition) is 8. The van der Waals surface area contributed by atoms with E-state index in [2.05, 4.69) is 25.9 Å². The van der Waals surface area contributed by atoms with Gasteiger partial charge in [0.25, 0.3) is 0 Å². The van der Waals surface area contributed by atoms with E-state index in [4.69, 9.17) is 28.7 Å². The standard InChI is InChI=1S/C21H39N11O6/c22-12(4-1-7-27-20(23)24)17(35)30-11-16(34)32-9-3-6-14(32)18(36)29-10-15(33)31-13(19(37)38)5-2-8-28-21(25)26/h12-14H,1-11,22H2,(H,29,36)(H,30,35)(H,31,33)(H,37,38)(H4,23,24,27)(H4,25,26,28). The first-order chi connectivity index (χ1) is 17.9. The van der Waals surface area contributed by atoms with E-state index in [-0.39, 0.29) is 31.4 Å². The minimum Gasteiger partial charge on any atom is -0.480 e. The lowest BCUT2D eigenvalue weighted by atomic mass is 10.1. The summed E-state index contributed by atoms with van der Waals surface area (Å²) in [7, 11) is 0. The molecule has 0 aromatic rings. The molecule has 0 aromatic carbocycles. The van der Waals surface area contributed by atoms with Gasteiger partial charge in [-0.3, -0.25) is 29.2 Å². The average Bonchev–Trinajstić information content (AvgIpc) is 3.35. The zero-order valence-corrected chi connectivity index (χ0v) is 21.2. The fourth-order valence-electron chi connectivity index (χ4n) is 3.68. The molecule has 0 spiro atoms. The minimum atomic E-state index is -1.24. The Bertz CT molecular complexity index is 902. The van der Waals surface area contributed by atoms with Crippen molar-refractivity contribution in [3.05, 3.63) is 0 Å². The van der Waals surface area contributed by atoms with Gasteiger partial charge in [0.05, 0.1) is 19.1 Å². The number of guanidine groups is 2. The number of carboxylic acids is 1. The molecular formula is C21H39N11O6. The highest BCUT2D eigenvalue weighted by Gasteiger charge is 2.34. The van der Waals surface area contributed by atoms with Crippen LogP contribution in [0.25, 0.3) is 0 Å². The Morgan fingerprint density at radius 3 is 2.11 bits per heavy atom. The van der Waals surface area contributed by atoms with Crippen molar-refractivity contribution < 1.29 is 29.1 Å². The van der Waals surface area contributed by atoms with Gasteiger partial charge in [-0.25, -0.2) is 4.79 Å². The molecule has 214 valence electrons. The lowest BCUT2D eigenvalue weighted by Crippen LogP contribution is -2.52. The predicted octanol–water partition coefficient (Wildman–Crippen LogP) is -4.79. The number of carbonyl (C=O) groups is 5. The van der Waals surface area contributed by atoms with Crippen LogP contribution in [-0.2, 0) is 24.0 Å². The Labute approximate surface area is 220 Å². The lowest BCUT2D eigenvalue weighted by Gasteiger charge is -2.24. The van der Waals surface area contributed by atoms with E-state index >= 15 is 0 Å². The maximum Gasteiger partial charge on any atom is 0.326 e. The number of carbonyl (C=O) groups excluding carboxylic acids is 4. The normalized spacial score (nSPS) is 16.0. The molecule has 3 unspecified atom stereocenters. The van der Waals surface area contributed by atoms with Gasteiger partial charge in [-0.2, -0.15) is 0 Å². The summed E-state index contributed by atoms with van der Waals surface area (Å²) in [5, 5.41) is 16.5. The van der Waals surface area contributed by atoms with Gasteiger partial charge in [0.1, 0.15) is 12.1 Å². The first-order valence-electron chi connectivity index (χ1n) is 12.2. The minimum absolute atomic E-state index is 0.0566. The van der Waals surface area contributed by atoms with Crippen molar-refractivity contribution >= 4 is 41.5 Å². The van der Waals surface area contributed by atoms with Crippen molar-refractivity contribution in [2.75, 3.05) is 32.7 Å². The number of aliphatic imine (C=N–C) groups is 2. The monoisotopic (exact) mass is 541 g/mol. The highest BCUT2D eigenvalue weighted by molar-refractivity contribution is 5.93. The van der Waals surface area contributed by atoms with Crippen molar-refractivity contribution in [3.8, 4) is 0 Å². The smallest absolute Gasteiger partial charge is 0.326 e. The number of hydrogen-bond donors (Lipinski definition) is 9. The first kappa shape index (κ1) is 31.9. The molecule has 1 rings (SSSR count). The maximum atomic E-state index is 12.6. The molecule has 1 heterocycles. The maximum absolute atomic E-state index is 12.6. The summed E-state index contributed by atoms with van der Waals surface area (Å²) in [5.74, 6) is -3.68. The molecule has 1 fully saturated rings. The van der Waals surface area contributed by atoms with Gasteiger partial charge >= 0.3 is 5.97 Å². The number of likely N-dealkylation sites (tertiary alicyclic amines) is 1. The lowest BCUT2D eigenvalue weighted by molar-refractivity contribution is -0.142. The second kappa shape index (κ2) is 16.6. The number of nitrogens with zero attached hydrogens (tertiary/aromatic N) is 3.